The van der Waals surface area contributed by atoms with Crippen LogP contribution in [0.2, 0.25) is 0 Å². The van der Waals surface area contributed by atoms with E-state index in [1.807, 2.05) is 0 Å². The molecule has 0 bridgehead atoms. The molecule has 0 spiro atoms. The zero-order chi connectivity index (χ0) is 9.19. The first-order valence-electron chi connectivity index (χ1n) is 3.17. The van der Waals surface area contributed by atoms with Gasteiger partial charge in [-0.15, -0.1) is 11.3 Å². The van der Waals surface area contributed by atoms with Gasteiger partial charge in [-0.25, -0.2) is 4.98 Å². The molecule has 12 heavy (non-hydrogen) atoms. The maximum absolute atomic E-state index is 11.7. The third-order valence-corrected chi connectivity index (χ3v) is 2.06. The van der Waals surface area contributed by atoms with Crippen LogP contribution >= 0.6 is 11.3 Å². The molecule has 0 fully saturated rings. The number of hydrogen-bond acceptors (Lipinski definition) is 3. The van der Waals surface area contributed by atoms with Gasteiger partial charge in [-0.05, 0) is 0 Å². The Kier molecular flexibility index (Phi) is 2.56. The molecular formula is C6H6F3NOS. The Hall–Kier alpha value is -0.780. The van der Waals surface area contributed by atoms with Crippen LogP contribution in [0.25, 0.3) is 0 Å². The number of aromatic nitrogens is 1. The lowest BCUT2D eigenvalue weighted by molar-refractivity contribution is -0.134. The minimum absolute atomic E-state index is 0.158. The third-order valence-electron chi connectivity index (χ3n) is 1.16. The van der Waals surface area contributed by atoms with Gasteiger partial charge in [0.05, 0.1) is 10.4 Å². The first-order valence-corrected chi connectivity index (χ1v) is 4.05. The highest BCUT2D eigenvalue weighted by atomic mass is 32.1. The molecule has 0 aliphatic carbocycles. The fourth-order valence-electron chi connectivity index (χ4n) is 0.665. The maximum Gasteiger partial charge on any atom is 0.389 e. The van der Waals surface area contributed by atoms with Gasteiger partial charge in [0.1, 0.15) is 0 Å². The summed E-state index contributed by atoms with van der Waals surface area (Å²) in [5.74, 6) is -0.211. The van der Waals surface area contributed by atoms with Crippen molar-refractivity contribution in [1.29, 1.82) is 0 Å². The molecule has 0 radical (unpaired) electrons. The molecule has 0 aliphatic rings. The zero-order valence-corrected chi connectivity index (χ0v) is 6.74. The fraction of sp³-hybridized carbons (Fsp3) is 0.500. The van der Waals surface area contributed by atoms with Gasteiger partial charge in [0, 0.05) is 12.8 Å². The van der Waals surface area contributed by atoms with E-state index in [0.717, 1.165) is 11.3 Å². The van der Waals surface area contributed by atoms with E-state index >= 15 is 0 Å². The van der Waals surface area contributed by atoms with Gasteiger partial charge in [0.2, 0.25) is 5.88 Å². The SMILES string of the molecule is Oc1csc(CCC(F)(F)F)n1. The molecule has 0 aliphatic heterocycles. The Morgan fingerprint density at radius 3 is 2.58 bits per heavy atom. The molecular weight excluding hydrogens is 191 g/mol. The second-order valence-electron chi connectivity index (χ2n) is 2.21. The van der Waals surface area contributed by atoms with Crippen LogP contribution in [0.5, 0.6) is 5.88 Å². The number of halogens is 3. The Labute approximate surface area is 70.7 Å². The van der Waals surface area contributed by atoms with Crippen LogP contribution in [0.4, 0.5) is 13.2 Å². The zero-order valence-electron chi connectivity index (χ0n) is 5.93. The van der Waals surface area contributed by atoms with Crippen LogP contribution in [0.1, 0.15) is 11.4 Å². The van der Waals surface area contributed by atoms with Gasteiger partial charge in [0.25, 0.3) is 0 Å². The number of aromatic hydroxyl groups is 1. The Bertz CT molecular complexity index is 258. The lowest BCUT2D eigenvalue weighted by Crippen LogP contribution is -2.08. The van der Waals surface area contributed by atoms with Crippen LogP contribution in [-0.2, 0) is 6.42 Å². The smallest absolute Gasteiger partial charge is 0.389 e. The summed E-state index contributed by atoms with van der Waals surface area (Å²) in [5, 5.41) is 10.3. The number of nitrogens with zero attached hydrogens (tertiary/aromatic N) is 1. The van der Waals surface area contributed by atoms with Gasteiger partial charge >= 0.3 is 6.18 Å². The van der Waals surface area contributed by atoms with E-state index in [1.165, 1.54) is 5.38 Å². The Morgan fingerprint density at radius 2 is 2.17 bits per heavy atom. The average molecular weight is 197 g/mol. The highest BCUT2D eigenvalue weighted by Crippen LogP contribution is 2.24. The molecule has 6 heteroatoms. The summed E-state index contributed by atoms with van der Waals surface area (Å²) in [4.78, 5) is 3.49. The van der Waals surface area contributed by atoms with Crippen molar-refractivity contribution in [3.8, 4) is 5.88 Å². The number of alkyl halides is 3. The second kappa shape index (κ2) is 3.30. The topological polar surface area (TPSA) is 33.1 Å². The highest BCUT2D eigenvalue weighted by Gasteiger charge is 2.27. The van der Waals surface area contributed by atoms with Gasteiger partial charge in [-0.3, -0.25) is 0 Å². The summed E-state index contributed by atoms with van der Waals surface area (Å²) in [6.07, 6.45) is -5.20. The van der Waals surface area contributed by atoms with Crippen molar-refractivity contribution in [3.05, 3.63) is 10.4 Å². The molecule has 0 unspecified atom stereocenters. The molecule has 0 atom stereocenters. The summed E-state index contributed by atoms with van der Waals surface area (Å²) in [6.45, 7) is 0. The summed E-state index contributed by atoms with van der Waals surface area (Å²) in [6, 6.07) is 0. The molecule has 0 saturated carbocycles. The standard InChI is InChI=1S/C6H6F3NOS/c7-6(8,9)2-1-5-10-4(11)3-12-5/h3,11H,1-2H2. The third kappa shape index (κ3) is 3.08. The van der Waals surface area contributed by atoms with Crippen LogP contribution in [0.3, 0.4) is 0 Å². The maximum atomic E-state index is 11.7. The Morgan fingerprint density at radius 1 is 1.50 bits per heavy atom. The molecule has 1 aromatic heterocycles. The number of hydrogen-bond donors (Lipinski definition) is 1. The number of aryl methyl sites for hydroxylation is 1. The molecule has 1 N–H and O–H groups in total. The van der Waals surface area contributed by atoms with Crippen LogP contribution in [-0.4, -0.2) is 16.3 Å². The van der Waals surface area contributed by atoms with E-state index in [0.29, 0.717) is 5.01 Å². The van der Waals surface area contributed by atoms with Crippen molar-refractivity contribution < 1.29 is 18.3 Å². The van der Waals surface area contributed by atoms with E-state index in [-0.39, 0.29) is 12.3 Å². The van der Waals surface area contributed by atoms with E-state index in [2.05, 4.69) is 4.98 Å². The van der Waals surface area contributed by atoms with E-state index in [4.69, 9.17) is 5.11 Å². The van der Waals surface area contributed by atoms with Crippen LogP contribution in [0, 0.1) is 0 Å². The largest absolute Gasteiger partial charge is 0.493 e. The first-order chi connectivity index (χ1) is 5.47. The van der Waals surface area contributed by atoms with E-state index in [1.54, 1.807) is 0 Å². The number of rotatable bonds is 2. The Balaban J connectivity index is 2.44. The first kappa shape index (κ1) is 9.31. The van der Waals surface area contributed by atoms with Crippen LogP contribution in [0.15, 0.2) is 5.38 Å². The van der Waals surface area contributed by atoms with Crippen molar-refractivity contribution >= 4 is 11.3 Å². The van der Waals surface area contributed by atoms with Gasteiger partial charge in [0.15, 0.2) is 0 Å². The molecule has 0 amide bonds. The normalized spacial score (nSPS) is 11.9. The van der Waals surface area contributed by atoms with Gasteiger partial charge in [-0.1, -0.05) is 0 Å². The highest BCUT2D eigenvalue weighted by molar-refractivity contribution is 7.09. The molecule has 0 aromatic carbocycles. The van der Waals surface area contributed by atoms with Crippen molar-refractivity contribution in [2.45, 2.75) is 19.0 Å². The summed E-state index contributed by atoms with van der Waals surface area (Å²) >= 11 is 1.03. The van der Waals surface area contributed by atoms with Crippen LogP contribution < -0.4 is 0 Å². The van der Waals surface area contributed by atoms with Crippen molar-refractivity contribution in [1.82, 2.24) is 4.98 Å². The lowest BCUT2D eigenvalue weighted by Gasteiger charge is -2.02. The lowest BCUT2D eigenvalue weighted by atomic mass is 10.3. The molecule has 0 saturated heterocycles. The molecule has 2 nitrogen and oxygen atoms in total. The molecule has 68 valence electrons. The van der Waals surface area contributed by atoms with Crippen molar-refractivity contribution in [3.63, 3.8) is 0 Å². The van der Waals surface area contributed by atoms with E-state index in [9.17, 15) is 13.2 Å². The quantitative estimate of drug-likeness (QED) is 0.789. The van der Waals surface area contributed by atoms with Gasteiger partial charge < -0.3 is 5.11 Å². The summed E-state index contributed by atoms with van der Waals surface area (Å²) < 4.78 is 35.0. The predicted molar refractivity (Wildman–Crippen MR) is 38.2 cm³/mol. The minimum Gasteiger partial charge on any atom is -0.493 e. The second-order valence-corrected chi connectivity index (χ2v) is 3.16. The summed E-state index contributed by atoms with van der Waals surface area (Å²) in [5.41, 5.74) is 0. The van der Waals surface area contributed by atoms with E-state index < -0.39 is 12.6 Å². The van der Waals surface area contributed by atoms with Gasteiger partial charge in [-0.2, -0.15) is 13.2 Å². The van der Waals surface area contributed by atoms with Crippen molar-refractivity contribution in [2.24, 2.45) is 0 Å². The average Bonchev–Trinajstić information content (AvgIpc) is 2.30. The summed E-state index contributed by atoms with van der Waals surface area (Å²) in [7, 11) is 0. The minimum atomic E-state index is -4.15. The predicted octanol–water partition coefficient (Wildman–Crippen LogP) is 2.34. The fourth-order valence-corrected chi connectivity index (χ4v) is 1.32. The molecule has 1 rings (SSSR count). The number of thiazole rings is 1. The monoisotopic (exact) mass is 197 g/mol. The molecule has 1 heterocycles. The van der Waals surface area contributed by atoms with Crippen molar-refractivity contribution in [2.75, 3.05) is 0 Å². The molecule has 1 aromatic rings.